The fourth-order valence-corrected chi connectivity index (χ4v) is 6.54. The van der Waals surface area contributed by atoms with Gasteiger partial charge < -0.3 is 25.2 Å². The topological polar surface area (TPSA) is 126 Å². The molecule has 0 radical (unpaired) electrons. The molecule has 2 rings (SSSR count). The minimum absolute atomic E-state index is 0.212. The molecule has 2 fully saturated rings. The maximum absolute atomic E-state index is 13.5. The average molecular weight is 622 g/mol. The normalized spacial score (nSPS) is 24.0. The Bertz CT molecular complexity index is 918. The van der Waals surface area contributed by atoms with Crippen LogP contribution in [0, 0.1) is 11.3 Å². The summed E-state index contributed by atoms with van der Waals surface area (Å²) in [7, 11) is 0. The summed E-state index contributed by atoms with van der Waals surface area (Å²) in [6, 6.07) is -1.28. The predicted molar refractivity (Wildman–Crippen MR) is 176 cm³/mol. The quantitative estimate of drug-likeness (QED) is 0.0993. The Hall–Kier alpha value is -2.00. The number of nitrogens with one attached hydrogen (secondary N) is 2. The van der Waals surface area contributed by atoms with E-state index in [4.69, 9.17) is 9.47 Å². The molecular formula is C35H63N3O6. The van der Waals surface area contributed by atoms with E-state index in [9.17, 15) is 19.5 Å². The second-order valence-corrected chi connectivity index (χ2v) is 14.4. The van der Waals surface area contributed by atoms with E-state index in [0.29, 0.717) is 13.0 Å². The third kappa shape index (κ3) is 14.4. The highest BCUT2D eigenvalue weighted by Crippen LogP contribution is 2.36. The Kier molecular flexibility index (Phi) is 16.9. The molecule has 1 saturated heterocycles. The van der Waals surface area contributed by atoms with Crippen LogP contribution < -0.4 is 10.6 Å². The van der Waals surface area contributed by atoms with Gasteiger partial charge in [0.05, 0.1) is 13.0 Å². The molecule has 0 spiro atoms. The van der Waals surface area contributed by atoms with Crippen molar-refractivity contribution >= 4 is 23.6 Å². The zero-order valence-electron chi connectivity index (χ0n) is 28.7. The molecule has 9 nitrogen and oxygen atoms in total. The van der Waals surface area contributed by atoms with Crippen molar-refractivity contribution in [1.29, 1.82) is 0 Å². The van der Waals surface area contributed by atoms with Crippen LogP contribution in [-0.4, -0.2) is 59.3 Å². The Morgan fingerprint density at radius 3 is 2.05 bits per heavy atom. The minimum Gasteiger partial charge on any atom is -0.481 e. The summed E-state index contributed by atoms with van der Waals surface area (Å²) in [5.41, 5.74) is 0.242. The van der Waals surface area contributed by atoms with Gasteiger partial charge in [-0.3, -0.25) is 9.59 Å². The third-order valence-corrected chi connectivity index (χ3v) is 9.19. The number of nitrogens with zero attached hydrogens (tertiary/aromatic N) is 1. The number of rotatable bonds is 19. The zero-order valence-corrected chi connectivity index (χ0v) is 28.7. The van der Waals surface area contributed by atoms with E-state index in [0.717, 1.165) is 44.2 Å². The van der Waals surface area contributed by atoms with Crippen LogP contribution in [0.4, 0.5) is 4.79 Å². The van der Waals surface area contributed by atoms with E-state index in [1.165, 1.54) is 64.2 Å². The SMILES string of the molecule is CCCCCCCCCCCCCCC(C)=NC(=O)NC1CCCCC1C(CC(=O)O)NC(=O)C1OC(C)(C)OCC1(C)C. The second kappa shape index (κ2) is 19.5. The Labute approximate surface area is 267 Å². The lowest BCUT2D eigenvalue weighted by Gasteiger charge is -2.45. The standard InChI is InChI=1S/C35H63N3O6/c1-7-8-9-10-11-12-13-14-15-16-17-18-21-26(2)36-33(42)38-28-23-20-19-22-27(28)29(24-30(39)40)37-32(41)31-34(3,4)25-43-35(5,6)44-31/h27-29,31H,7-25H2,1-6H3,(H,37,41)(H,38,42)(H,39,40). The van der Waals surface area contributed by atoms with E-state index in [1.54, 1.807) is 13.8 Å². The monoisotopic (exact) mass is 621 g/mol. The number of carbonyl (C=O) groups excluding carboxylic acids is 2. The van der Waals surface area contributed by atoms with Crippen LogP contribution in [0.1, 0.15) is 157 Å². The van der Waals surface area contributed by atoms with Crippen LogP contribution in [0.25, 0.3) is 0 Å². The fraction of sp³-hybridized carbons (Fsp3) is 0.886. The molecule has 3 N–H and O–H groups in total. The predicted octanol–water partition coefficient (Wildman–Crippen LogP) is 7.94. The van der Waals surface area contributed by atoms with Crippen molar-refractivity contribution in [3.63, 3.8) is 0 Å². The van der Waals surface area contributed by atoms with Crippen LogP contribution in [0.15, 0.2) is 4.99 Å². The number of unbranched alkanes of at least 4 members (excludes halogenated alkanes) is 11. The van der Waals surface area contributed by atoms with Gasteiger partial charge in [-0.2, -0.15) is 0 Å². The largest absolute Gasteiger partial charge is 0.481 e. The number of amides is 3. The lowest BCUT2D eigenvalue weighted by atomic mass is 9.78. The van der Waals surface area contributed by atoms with Gasteiger partial charge in [-0.25, -0.2) is 9.79 Å². The first-order valence-electron chi connectivity index (χ1n) is 17.5. The lowest BCUT2D eigenvalue weighted by Crippen LogP contribution is -2.60. The van der Waals surface area contributed by atoms with Crippen LogP contribution in [0.5, 0.6) is 0 Å². The molecule has 44 heavy (non-hydrogen) atoms. The molecule has 0 aromatic rings. The van der Waals surface area contributed by atoms with Crippen LogP contribution in [0.2, 0.25) is 0 Å². The molecule has 2 aliphatic rings. The number of hydrogen-bond donors (Lipinski definition) is 3. The number of aliphatic imine (C=N–C) groups is 1. The van der Waals surface area contributed by atoms with Crippen LogP contribution >= 0.6 is 0 Å². The first-order chi connectivity index (χ1) is 20.8. The summed E-state index contributed by atoms with van der Waals surface area (Å²) in [6.45, 7) is 11.8. The van der Waals surface area contributed by atoms with Gasteiger partial charge in [-0.05, 0) is 46.5 Å². The number of urea groups is 1. The summed E-state index contributed by atoms with van der Waals surface area (Å²) in [5, 5.41) is 15.8. The van der Waals surface area contributed by atoms with E-state index < -0.39 is 29.3 Å². The molecule has 254 valence electrons. The van der Waals surface area contributed by atoms with Crippen molar-refractivity contribution in [3.05, 3.63) is 0 Å². The van der Waals surface area contributed by atoms with Gasteiger partial charge in [-0.1, -0.05) is 104 Å². The van der Waals surface area contributed by atoms with Crippen molar-refractivity contribution in [2.24, 2.45) is 16.3 Å². The van der Waals surface area contributed by atoms with Gasteiger partial charge in [0.25, 0.3) is 0 Å². The Balaban J connectivity index is 1.84. The molecule has 0 bridgehead atoms. The molecule has 0 aromatic carbocycles. The summed E-state index contributed by atoms with van der Waals surface area (Å²) in [5.74, 6) is -2.46. The van der Waals surface area contributed by atoms with Crippen molar-refractivity contribution in [2.45, 2.75) is 181 Å². The number of aliphatic carboxylic acids is 1. The Morgan fingerprint density at radius 2 is 1.45 bits per heavy atom. The van der Waals surface area contributed by atoms with Crippen molar-refractivity contribution < 1.29 is 29.0 Å². The van der Waals surface area contributed by atoms with E-state index in [2.05, 4.69) is 22.5 Å². The summed E-state index contributed by atoms with van der Waals surface area (Å²) >= 11 is 0. The van der Waals surface area contributed by atoms with Crippen LogP contribution in [-0.2, 0) is 19.1 Å². The first kappa shape index (κ1) is 38.2. The van der Waals surface area contributed by atoms with Crippen molar-refractivity contribution in [1.82, 2.24) is 10.6 Å². The van der Waals surface area contributed by atoms with Gasteiger partial charge in [-0.15, -0.1) is 0 Å². The molecule has 0 aromatic heterocycles. The summed E-state index contributed by atoms with van der Waals surface area (Å²) in [6.07, 6.45) is 18.6. The van der Waals surface area contributed by atoms with Gasteiger partial charge in [0.1, 0.15) is 6.10 Å². The number of hydrogen-bond acceptors (Lipinski definition) is 5. The highest BCUT2D eigenvalue weighted by molar-refractivity contribution is 5.93. The number of ether oxygens (including phenoxy) is 2. The molecule has 1 heterocycles. The van der Waals surface area contributed by atoms with E-state index >= 15 is 0 Å². The summed E-state index contributed by atoms with van der Waals surface area (Å²) < 4.78 is 11.7. The molecule has 1 aliphatic carbocycles. The van der Waals surface area contributed by atoms with Gasteiger partial charge in [0.15, 0.2) is 5.79 Å². The van der Waals surface area contributed by atoms with Crippen molar-refractivity contribution in [3.8, 4) is 0 Å². The maximum atomic E-state index is 13.5. The molecule has 9 heteroatoms. The summed E-state index contributed by atoms with van der Waals surface area (Å²) in [4.78, 5) is 42.6. The Morgan fingerprint density at radius 1 is 0.886 bits per heavy atom. The first-order valence-corrected chi connectivity index (χ1v) is 17.5. The zero-order chi connectivity index (χ0) is 32.6. The molecule has 1 saturated carbocycles. The van der Waals surface area contributed by atoms with Crippen LogP contribution in [0.3, 0.4) is 0 Å². The van der Waals surface area contributed by atoms with E-state index in [1.807, 2.05) is 20.8 Å². The molecule has 4 unspecified atom stereocenters. The number of carbonyl (C=O) groups is 3. The minimum atomic E-state index is -0.991. The highest BCUT2D eigenvalue weighted by atomic mass is 16.7. The third-order valence-electron chi connectivity index (χ3n) is 9.19. The molecule has 1 aliphatic heterocycles. The molecule has 3 amide bonds. The second-order valence-electron chi connectivity index (χ2n) is 14.4. The maximum Gasteiger partial charge on any atom is 0.341 e. The fourth-order valence-electron chi connectivity index (χ4n) is 6.54. The number of carboxylic acid groups (broad SMARTS) is 1. The van der Waals surface area contributed by atoms with Crippen molar-refractivity contribution in [2.75, 3.05) is 6.61 Å². The molecular weight excluding hydrogens is 558 g/mol. The average Bonchev–Trinajstić information content (AvgIpc) is 2.94. The van der Waals surface area contributed by atoms with E-state index in [-0.39, 0.29) is 30.3 Å². The van der Waals surface area contributed by atoms with Gasteiger partial charge in [0, 0.05) is 29.1 Å². The number of carboxylic acids is 1. The molecule has 4 atom stereocenters. The van der Waals surface area contributed by atoms with Gasteiger partial charge in [0.2, 0.25) is 5.91 Å². The smallest absolute Gasteiger partial charge is 0.341 e. The van der Waals surface area contributed by atoms with Gasteiger partial charge >= 0.3 is 12.0 Å². The highest BCUT2D eigenvalue weighted by Gasteiger charge is 2.47. The lowest BCUT2D eigenvalue weighted by molar-refractivity contribution is -0.304.